The minimum Gasteiger partial charge on any atom is -0.457 e. The van der Waals surface area contributed by atoms with Gasteiger partial charge in [0, 0.05) is 23.7 Å². The molecule has 2 aromatic rings. The number of benzene rings is 1. The molecule has 1 aromatic carbocycles. The van der Waals surface area contributed by atoms with Gasteiger partial charge < -0.3 is 10.2 Å². The Morgan fingerprint density at radius 1 is 1.33 bits per heavy atom. The van der Waals surface area contributed by atoms with E-state index in [1.165, 1.54) is 12.1 Å². The van der Waals surface area contributed by atoms with Crippen LogP contribution in [-0.2, 0) is 6.42 Å². The summed E-state index contributed by atoms with van der Waals surface area (Å²) in [6.45, 7) is 0. The number of nitro benzene ring substituents is 1. The molecule has 1 unspecified atom stereocenters. The van der Waals surface area contributed by atoms with Crippen LogP contribution in [0.25, 0.3) is 0 Å². The summed E-state index contributed by atoms with van der Waals surface area (Å²) < 4.78 is 5.74. The maximum Gasteiger partial charge on any atom is 0.269 e. The van der Waals surface area contributed by atoms with Crippen LogP contribution < -0.4 is 5.73 Å². The molecule has 0 amide bonds. The molecule has 6 heteroatoms. The van der Waals surface area contributed by atoms with Gasteiger partial charge in [0.2, 0.25) is 0 Å². The Kier molecular flexibility index (Phi) is 3.78. The Morgan fingerprint density at radius 2 is 2.00 bits per heavy atom. The lowest BCUT2D eigenvalue weighted by Crippen LogP contribution is -2.12. The highest BCUT2D eigenvalue weighted by Gasteiger charge is 2.13. The fourth-order valence-electron chi connectivity index (χ4n) is 1.69. The second-order valence-corrected chi connectivity index (χ2v) is 4.60. The van der Waals surface area contributed by atoms with Gasteiger partial charge in [0.15, 0.2) is 4.67 Å². The van der Waals surface area contributed by atoms with Gasteiger partial charge in [-0.05, 0) is 34.0 Å². The number of nitrogens with two attached hydrogens (primary N) is 1. The SMILES string of the molecule is NC(Cc1ccc([N+](=O)[O-])cc1)c1ccoc1Br. The van der Waals surface area contributed by atoms with Crippen LogP contribution in [0.5, 0.6) is 0 Å². The minimum atomic E-state index is -0.420. The molecule has 0 aliphatic rings. The highest BCUT2D eigenvalue weighted by molar-refractivity contribution is 9.10. The van der Waals surface area contributed by atoms with E-state index >= 15 is 0 Å². The maximum absolute atomic E-state index is 10.5. The van der Waals surface area contributed by atoms with Crippen LogP contribution in [0, 0.1) is 10.1 Å². The third-order valence-corrected chi connectivity index (χ3v) is 3.29. The van der Waals surface area contributed by atoms with Crippen LogP contribution in [0.1, 0.15) is 17.2 Å². The molecule has 0 aliphatic heterocycles. The summed E-state index contributed by atoms with van der Waals surface area (Å²) in [5.74, 6) is 0. The summed E-state index contributed by atoms with van der Waals surface area (Å²) in [5.41, 5.74) is 7.95. The predicted molar refractivity (Wildman–Crippen MR) is 70.1 cm³/mol. The topological polar surface area (TPSA) is 82.3 Å². The summed E-state index contributed by atoms with van der Waals surface area (Å²) in [7, 11) is 0. The lowest BCUT2D eigenvalue weighted by molar-refractivity contribution is -0.384. The molecular weight excluding hydrogens is 300 g/mol. The van der Waals surface area contributed by atoms with E-state index in [2.05, 4.69) is 15.9 Å². The summed E-state index contributed by atoms with van der Waals surface area (Å²) in [5, 5.41) is 10.5. The first kappa shape index (κ1) is 12.8. The van der Waals surface area contributed by atoms with Gasteiger partial charge >= 0.3 is 0 Å². The molecule has 1 atom stereocenters. The molecule has 0 fully saturated rings. The van der Waals surface area contributed by atoms with Gasteiger partial charge in [-0.25, -0.2) is 0 Å². The van der Waals surface area contributed by atoms with Crippen LogP contribution in [0.4, 0.5) is 5.69 Å². The van der Waals surface area contributed by atoms with E-state index in [4.69, 9.17) is 10.2 Å². The molecule has 94 valence electrons. The monoisotopic (exact) mass is 310 g/mol. The Bertz CT molecular complexity index is 551. The summed E-state index contributed by atoms with van der Waals surface area (Å²) >= 11 is 3.27. The Hall–Kier alpha value is -1.66. The zero-order valence-electron chi connectivity index (χ0n) is 9.38. The number of rotatable bonds is 4. The highest BCUT2D eigenvalue weighted by atomic mass is 79.9. The van der Waals surface area contributed by atoms with Crippen molar-refractivity contribution in [3.63, 3.8) is 0 Å². The van der Waals surface area contributed by atoms with Gasteiger partial charge in [-0.15, -0.1) is 0 Å². The van der Waals surface area contributed by atoms with E-state index in [0.29, 0.717) is 11.1 Å². The molecule has 0 aliphatic carbocycles. The summed E-state index contributed by atoms with van der Waals surface area (Å²) in [4.78, 5) is 10.1. The van der Waals surface area contributed by atoms with E-state index in [0.717, 1.165) is 11.1 Å². The van der Waals surface area contributed by atoms with Crippen molar-refractivity contribution in [3.05, 3.63) is 62.5 Å². The van der Waals surface area contributed by atoms with Gasteiger partial charge in [-0.3, -0.25) is 10.1 Å². The molecule has 0 bridgehead atoms. The normalized spacial score (nSPS) is 12.3. The van der Waals surface area contributed by atoms with Gasteiger partial charge in [0.25, 0.3) is 5.69 Å². The number of hydrogen-bond acceptors (Lipinski definition) is 4. The van der Waals surface area contributed by atoms with Crippen molar-refractivity contribution in [1.82, 2.24) is 0 Å². The van der Waals surface area contributed by atoms with E-state index in [1.807, 2.05) is 0 Å². The molecule has 0 saturated heterocycles. The number of non-ortho nitro benzene ring substituents is 1. The van der Waals surface area contributed by atoms with Crippen molar-refractivity contribution >= 4 is 21.6 Å². The lowest BCUT2D eigenvalue weighted by Gasteiger charge is -2.09. The Labute approximate surface area is 112 Å². The molecule has 0 spiro atoms. The molecule has 5 nitrogen and oxygen atoms in total. The van der Waals surface area contributed by atoms with Crippen molar-refractivity contribution in [2.45, 2.75) is 12.5 Å². The summed E-state index contributed by atoms with van der Waals surface area (Å²) in [6.07, 6.45) is 2.16. The molecule has 0 radical (unpaired) electrons. The zero-order valence-corrected chi connectivity index (χ0v) is 11.0. The van der Waals surface area contributed by atoms with Crippen molar-refractivity contribution < 1.29 is 9.34 Å². The molecule has 1 heterocycles. The van der Waals surface area contributed by atoms with Crippen molar-refractivity contribution in [2.75, 3.05) is 0 Å². The smallest absolute Gasteiger partial charge is 0.269 e. The van der Waals surface area contributed by atoms with Gasteiger partial charge in [0.1, 0.15) is 0 Å². The quantitative estimate of drug-likeness (QED) is 0.694. The van der Waals surface area contributed by atoms with Crippen molar-refractivity contribution in [3.8, 4) is 0 Å². The second-order valence-electron chi connectivity index (χ2n) is 3.88. The number of hydrogen-bond donors (Lipinski definition) is 1. The van der Waals surface area contributed by atoms with Gasteiger partial charge in [-0.2, -0.15) is 0 Å². The van der Waals surface area contributed by atoms with Crippen molar-refractivity contribution in [1.29, 1.82) is 0 Å². The average molecular weight is 311 g/mol. The van der Waals surface area contributed by atoms with Crippen LogP contribution in [-0.4, -0.2) is 4.92 Å². The zero-order chi connectivity index (χ0) is 13.1. The standard InChI is InChI=1S/C12H11BrN2O3/c13-12-10(5-6-18-12)11(14)7-8-1-3-9(4-2-8)15(16)17/h1-6,11H,7,14H2. The van der Waals surface area contributed by atoms with E-state index in [1.54, 1.807) is 24.5 Å². The number of nitro groups is 1. The van der Waals surface area contributed by atoms with E-state index < -0.39 is 4.92 Å². The lowest BCUT2D eigenvalue weighted by atomic mass is 10.0. The first-order valence-electron chi connectivity index (χ1n) is 5.29. The first-order valence-corrected chi connectivity index (χ1v) is 6.09. The molecular formula is C12H11BrN2O3. The maximum atomic E-state index is 10.5. The fourth-order valence-corrected chi connectivity index (χ4v) is 2.22. The molecule has 2 N–H and O–H groups in total. The van der Waals surface area contributed by atoms with Crippen molar-refractivity contribution in [2.24, 2.45) is 5.73 Å². The molecule has 0 saturated carbocycles. The minimum absolute atomic E-state index is 0.0804. The third kappa shape index (κ3) is 2.77. The van der Waals surface area contributed by atoms with Gasteiger partial charge in [0.05, 0.1) is 11.2 Å². The number of nitrogens with zero attached hydrogens (tertiary/aromatic N) is 1. The number of furan rings is 1. The van der Waals surface area contributed by atoms with Crippen LogP contribution >= 0.6 is 15.9 Å². The largest absolute Gasteiger partial charge is 0.457 e. The van der Waals surface area contributed by atoms with Gasteiger partial charge in [-0.1, -0.05) is 12.1 Å². The fraction of sp³-hybridized carbons (Fsp3) is 0.167. The summed E-state index contributed by atoms with van der Waals surface area (Å²) in [6, 6.07) is 7.98. The molecule has 18 heavy (non-hydrogen) atoms. The predicted octanol–water partition coefficient (Wildman–Crippen LogP) is 3.19. The molecule has 2 rings (SSSR count). The van der Waals surface area contributed by atoms with E-state index in [-0.39, 0.29) is 11.7 Å². The Balaban J connectivity index is 2.10. The Morgan fingerprint density at radius 3 is 2.50 bits per heavy atom. The number of halogens is 1. The van der Waals surface area contributed by atoms with E-state index in [9.17, 15) is 10.1 Å². The highest BCUT2D eigenvalue weighted by Crippen LogP contribution is 2.25. The first-order chi connectivity index (χ1) is 8.58. The third-order valence-electron chi connectivity index (χ3n) is 2.65. The van der Waals surface area contributed by atoms with Crippen LogP contribution in [0.3, 0.4) is 0 Å². The molecule has 1 aromatic heterocycles. The average Bonchev–Trinajstić information content (AvgIpc) is 2.76. The van der Waals surface area contributed by atoms with Crippen LogP contribution in [0.15, 0.2) is 45.7 Å². The second kappa shape index (κ2) is 5.32. The van der Waals surface area contributed by atoms with Crippen LogP contribution in [0.2, 0.25) is 0 Å².